The zero-order chi connectivity index (χ0) is 14.8. The molecule has 2 N–H and O–H groups in total. The van der Waals surface area contributed by atoms with Crippen LogP contribution in [0.25, 0.3) is 0 Å². The predicted octanol–water partition coefficient (Wildman–Crippen LogP) is 2.28. The molecule has 0 saturated heterocycles. The minimum Gasteiger partial charge on any atom is -0.315 e. The van der Waals surface area contributed by atoms with Crippen molar-refractivity contribution in [1.82, 2.24) is 10.3 Å². The number of aryl methyl sites for hydroxylation is 2. The van der Waals surface area contributed by atoms with E-state index in [9.17, 15) is 8.42 Å². The van der Waals surface area contributed by atoms with Crippen LogP contribution in [0.5, 0.6) is 0 Å². The molecule has 0 saturated carbocycles. The number of nitrogens with one attached hydrogen (secondary N) is 2. The van der Waals surface area contributed by atoms with E-state index >= 15 is 0 Å². The van der Waals surface area contributed by atoms with Crippen LogP contribution < -0.4 is 10.0 Å². The highest BCUT2D eigenvalue weighted by Gasteiger charge is 2.19. The molecule has 0 radical (unpaired) electrons. The van der Waals surface area contributed by atoms with Gasteiger partial charge < -0.3 is 5.32 Å². The molecule has 0 unspecified atom stereocenters. The topological polar surface area (TPSA) is 71.1 Å². The predicted molar refractivity (Wildman–Crippen MR) is 81.6 cm³/mol. The lowest BCUT2D eigenvalue weighted by atomic mass is 10.3. The number of thiophene rings is 1. The number of aromatic nitrogens is 1. The Morgan fingerprint density at radius 3 is 2.70 bits per heavy atom. The first-order valence-corrected chi connectivity index (χ1v) is 8.41. The Kier molecular flexibility index (Phi) is 4.42. The molecule has 0 amide bonds. The molecule has 2 rings (SSSR count). The van der Waals surface area contributed by atoms with Crippen molar-refractivity contribution < 1.29 is 8.42 Å². The molecule has 0 aliphatic rings. The molecule has 20 heavy (non-hydrogen) atoms. The summed E-state index contributed by atoms with van der Waals surface area (Å²) in [5.41, 5.74) is 2.33. The van der Waals surface area contributed by atoms with Gasteiger partial charge in [0, 0.05) is 17.6 Å². The number of anilines is 1. The molecule has 0 aliphatic carbocycles. The molecule has 0 bridgehead atoms. The Labute approximate surface area is 123 Å². The second kappa shape index (κ2) is 5.90. The van der Waals surface area contributed by atoms with Gasteiger partial charge in [-0.2, -0.15) is 0 Å². The van der Waals surface area contributed by atoms with Gasteiger partial charge in [-0.05, 0) is 44.2 Å². The molecule has 2 aromatic rings. The van der Waals surface area contributed by atoms with Gasteiger partial charge in [0.05, 0.1) is 11.9 Å². The summed E-state index contributed by atoms with van der Waals surface area (Å²) in [4.78, 5) is 4.97. The van der Waals surface area contributed by atoms with Crippen molar-refractivity contribution in [2.45, 2.75) is 24.6 Å². The summed E-state index contributed by atoms with van der Waals surface area (Å²) in [5.74, 6) is 0. The smallest absolute Gasteiger partial charge is 0.271 e. The highest BCUT2D eigenvalue weighted by molar-refractivity contribution is 7.94. The van der Waals surface area contributed by atoms with Gasteiger partial charge in [0.2, 0.25) is 0 Å². The van der Waals surface area contributed by atoms with E-state index < -0.39 is 10.0 Å². The largest absolute Gasteiger partial charge is 0.315 e. The van der Waals surface area contributed by atoms with Gasteiger partial charge in [0.1, 0.15) is 4.21 Å². The Morgan fingerprint density at radius 1 is 1.30 bits per heavy atom. The quantitative estimate of drug-likeness (QED) is 0.888. The summed E-state index contributed by atoms with van der Waals surface area (Å²) in [6, 6.07) is 3.47. The third kappa shape index (κ3) is 3.17. The number of hydrogen-bond donors (Lipinski definition) is 2. The van der Waals surface area contributed by atoms with Gasteiger partial charge in [-0.25, -0.2) is 8.42 Å². The van der Waals surface area contributed by atoms with Gasteiger partial charge in [-0.1, -0.05) is 0 Å². The fraction of sp³-hybridized carbons (Fsp3) is 0.308. The van der Waals surface area contributed by atoms with Crippen molar-refractivity contribution in [2.24, 2.45) is 0 Å². The van der Waals surface area contributed by atoms with Crippen molar-refractivity contribution >= 4 is 27.0 Å². The summed E-state index contributed by atoms with van der Waals surface area (Å²) in [6.45, 7) is 4.42. The molecule has 5 nitrogen and oxygen atoms in total. The Bertz CT molecular complexity index is 708. The highest BCUT2D eigenvalue weighted by Crippen LogP contribution is 2.28. The molecule has 0 aliphatic heterocycles. The SMILES string of the molecule is CNCc1sc(S(=O)(=O)Nc2cnccc2C)cc1C. The molecular formula is C13H17N3O2S2. The summed E-state index contributed by atoms with van der Waals surface area (Å²) in [7, 11) is -1.72. The summed E-state index contributed by atoms with van der Waals surface area (Å²) in [5, 5.41) is 3.03. The second-order valence-electron chi connectivity index (χ2n) is 4.50. The van der Waals surface area contributed by atoms with E-state index in [0.717, 1.165) is 16.0 Å². The number of nitrogens with zero attached hydrogens (tertiary/aromatic N) is 1. The lowest BCUT2D eigenvalue weighted by molar-refractivity contribution is 0.603. The lowest BCUT2D eigenvalue weighted by Crippen LogP contribution is -2.12. The normalized spacial score (nSPS) is 11.6. The summed E-state index contributed by atoms with van der Waals surface area (Å²) in [6.07, 6.45) is 3.15. The van der Waals surface area contributed by atoms with Crippen LogP contribution in [0.15, 0.2) is 28.7 Å². The minimum atomic E-state index is -3.56. The van der Waals surface area contributed by atoms with Gasteiger partial charge in [0.15, 0.2) is 0 Å². The Balaban J connectivity index is 2.31. The minimum absolute atomic E-state index is 0.323. The van der Waals surface area contributed by atoms with Crippen LogP contribution in [0.3, 0.4) is 0 Å². The maximum absolute atomic E-state index is 12.4. The second-order valence-corrected chi connectivity index (χ2v) is 7.54. The van der Waals surface area contributed by atoms with E-state index in [1.165, 1.54) is 17.5 Å². The maximum atomic E-state index is 12.4. The van der Waals surface area contributed by atoms with E-state index in [4.69, 9.17) is 0 Å². The molecule has 0 spiro atoms. The zero-order valence-electron chi connectivity index (χ0n) is 11.6. The van der Waals surface area contributed by atoms with Crippen molar-refractivity contribution in [2.75, 3.05) is 11.8 Å². The van der Waals surface area contributed by atoms with Crippen LogP contribution in [0.2, 0.25) is 0 Å². The fourth-order valence-electron chi connectivity index (χ4n) is 1.72. The molecular weight excluding hydrogens is 294 g/mol. The first kappa shape index (κ1) is 15.0. The summed E-state index contributed by atoms with van der Waals surface area (Å²) >= 11 is 1.28. The van der Waals surface area contributed by atoms with Crippen LogP contribution in [0.4, 0.5) is 5.69 Å². The van der Waals surface area contributed by atoms with Crippen molar-refractivity contribution in [3.8, 4) is 0 Å². The third-order valence-corrected chi connectivity index (χ3v) is 5.96. The van der Waals surface area contributed by atoms with Crippen LogP contribution in [-0.2, 0) is 16.6 Å². The van der Waals surface area contributed by atoms with Gasteiger partial charge in [-0.15, -0.1) is 11.3 Å². The van der Waals surface area contributed by atoms with E-state index in [2.05, 4.69) is 15.0 Å². The van der Waals surface area contributed by atoms with Gasteiger partial charge >= 0.3 is 0 Å². The first-order chi connectivity index (χ1) is 9.44. The van der Waals surface area contributed by atoms with E-state index in [0.29, 0.717) is 16.4 Å². The van der Waals surface area contributed by atoms with Gasteiger partial charge in [0.25, 0.3) is 10.0 Å². The monoisotopic (exact) mass is 311 g/mol. The standard InChI is InChI=1S/C13H17N3O2S2/c1-9-4-5-15-7-11(9)16-20(17,18)13-6-10(2)12(19-13)8-14-3/h4-7,14,16H,8H2,1-3H3. The van der Waals surface area contributed by atoms with Crippen molar-refractivity contribution in [3.05, 3.63) is 40.5 Å². The third-order valence-electron chi connectivity index (χ3n) is 2.88. The molecule has 0 aromatic carbocycles. The van der Waals surface area contributed by atoms with Crippen molar-refractivity contribution in [3.63, 3.8) is 0 Å². The van der Waals surface area contributed by atoms with Crippen LogP contribution in [0.1, 0.15) is 16.0 Å². The van der Waals surface area contributed by atoms with E-state index in [1.807, 2.05) is 20.9 Å². The van der Waals surface area contributed by atoms with Gasteiger partial charge in [-0.3, -0.25) is 9.71 Å². The molecule has 0 fully saturated rings. The highest BCUT2D eigenvalue weighted by atomic mass is 32.2. The summed E-state index contributed by atoms with van der Waals surface area (Å²) < 4.78 is 27.7. The maximum Gasteiger partial charge on any atom is 0.271 e. The Morgan fingerprint density at radius 2 is 2.05 bits per heavy atom. The molecule has 2 heterocycles. The zero-order valence-corrected chi connectivity index (χ0v) is 13.2. The average molecular weight is 311 g/mol. The number of rotatable bonds is 5. The molecule has 108 valence electrons. The average Bonchev–Trinajstić information content (AvgIpc) is 2.75. The molecule has 0 atom stereocenters. The lowest BCUT2D eigenvalue weighted by Gasteiger charge is -2.08. The van der Waals surface area contributed by atoms with Crippen molar-refractivity contribution in [1.29, 1.82) is 0 Å². The number of pyridine rings is 1. The Hall–Kier alpha value is -1.44. The van der Waals surface area contributed by atoms with E-state index in [-0.39, 0.29) is 0 Å². The van der Waals surface area contributed by atoms with E-state index in [1.54, 1.807) is 18.3 Å². The fourth-order valence-corrected chi connectivity index (χ4v) is 4.44. The van der Waals surface area contributed by atoms with Crippen LogP contribution in [-0.4, -0.2) is 20.4 Å². The molecule has 2 aromatic heterocycles. The van der Waals surface area contributed by atoms with Crippen LogP contribution in [0, 0.1) is 13.8 Å². The first-order valence-electron chi connectivity index (χ1n) is 6.11. The molecule has 7 heteroatoms. The van der Waals surface area contributed by atoms with Crippen LogP contribution >= 0.6 is 11.3 Å². The number of hydrogen-bond acceptors (Lipinski definition) is 5. The number of sulfonamides is 1.